The molecular weight excluding hydrogens is 460 g/mol. The van der Waals surface area contributed by atoms with E-state index < -0.39 is 18.0 Å². The number of esters is 1. The van der Waals surface area contributed by atoms with Gasteiger partial charge >= 0.3 is 5.97 Å². The van der Waals surface area contributed by atoms with Gasteiger partial charge in [0.1, 0.15) is 0 Å². The Morgan fingerprint density at radius 2 is 1.89 bits per heavy atom. The average molecular weight is 487 g/mol. The van der Waals surface area contributed by atoms with Crippen molar-refractivity contribution in [2.45, 2.75) is 32.9 Å². The maximum Gasteiger partial charge on any atom is 0.339 e. The van der Waals surface area contributed by atoms with Crippen LogP contribution < -0.4 is 5.32 Å². The summed E-state index contributed by atoms with van der Waals surface area (Å²) in [6, 6.07) is 17.3. The van der Waals surface area contributed by atoms with E-state index in [1.54, 1.807) is 6.92 Å². The SMILES string of the molecule is CCN1CCc2nc3ccccc3c(C(=O)OC(C)C(=O)Nc3nc(-c4ccccc4)cs3)c2C1. The molecule has 1 unspecified atom stereocenters. The quantitative estimate of drug-likeness (QED) is 0.390. The third-order valence-corrected chi connectivity index (χ3v) is 6.99. The van der Waals surface area contributed by atoms with E-state index in [9.17, 15) is 9.59 Å². The van der Waals surface area contributed by atoms with Gasteiger partial charge in [-0.3, -0.25) is 20.0 Å². The summed E-state index contributed by atoms with van der Waals surface area (Å²) >= 11 is 1.33. The molecule has 0 spiro atoms. The first-order valence-electron chi connectivity index (χ1n) is 11.7. The van der Waals surface area contributed by atoms with E-state index in [1.165, 1.54) is 11.3 Å². The molecule has 0 fully saturated rings. The molecule has 3 heterocycles. The average Bonchev–Trinajstić information content (AvgIpc) is 3.35. The van der Waals surface area contributed by atoms with E-state index in [1.807, 2.05) is 60.0 Å². The molecule has 8 heteroatoms. The Morgan fingerprint density at radius 1 is 1.11 bits per heavy atom. The summed E-state index contributed by atoms with van der Waals surface area (Å²) in [5.41, 5.74) is 4.83. The van der Waals surface area contributed by atoms with E-state index >= 15 is 0 Å². The summed E-state index contributed by atoms with van der Waals surface area (Å²) in [5, 5.41) is 5.87. The van der Waals surface area contributed by atoms with Crippen LogP contribution in [0.15, 0.2) is 60.0 Å². The van der Waals surface area contributed by atoms with Crippen LogP contribution in [0.4, 0.5) is 5.13 Å². The fourth-order valence-electron chi connectivity index (χ4n) is 4.30. The van der Waals surface area contributed by atoms with Crippen LogP contribution in [0.5, 0.6) is 0 Å². The lowest BCUT2D eigenvalue weighted by Crippen LogP contribution is -2.34. The number of amides is 1. The summed E-state index contributed by atoms with van der Waals surface area (Å²) in [4.78, 5) is 37.8. The van der Waals surface area contributed by atoms with E-state index in [2.05, 4.69) is 22.1 Å². The number of fused-ring (bicyclic) bond motifs is 2. The van der Waals surface area contributed by atoms with Crippen LogP contribution in [-0.4, -0.2) is 45.9 Å². The molecule has 178 valence electrons. The summed E-state index contributed by atoms with van der Waals surface area (Å²) in [6.45, 7) is 6.11. The maximum atomic E-state index is 13.4. The summed E-state index contributed by atoms with van der Waals surface area (Å²) in [7, 11) is 0. The monoisotopic (exact) mass is 486 g/mol. The molecule has 5 rings (SSSR count). The van der Waals surface area contributed by atoms with Crippen LogP contribution in [0.2, 0.25) is 0 Å². The topological polar surface area (TPSA) is 84.4 Å². The molecule has 1 amide bonds. The number of hydrogen-bond acceptors (Lipinski definition) is 7. The number of anilines is 1. The highest BCUT2D eigenvalue weighted by Crippen LogP contribution is 2.29. The molecule has 0 saturated heterocycles. The Morgan fingerprint density at radius 3 is 2.69 bits per heavy atom. The number of aromatic nitrogens is 2. The molecule has 35 heavy (non-hydrogen) atoms. The molecular formula is C27H26N4O3S. The van der Waals surface area contributed by atoms with Crippen molar-refractivity contribution >= 4 is 39.2 Å². The molecule has 0 radical (unpaired) electrons. The van der Waals surface area contributed by atoms with Gasteiger partial charge in [0, 0.05) is 47.1 Å². The van der Waals surface area contributed by atoms with Gasteiger partial charge in [-0.1, -0.05) is 55.5 Å². The van der Waals surface area contributed by atoms with Crippen LogP contribution in [0.3, 0.4) is 0 Å². The van der Waals surface area contributed by atoms with Crippen molar-refractivity contribution < 1.29 is 14.3 Å². The lowest BCUT2D eigenvalue weighted by molar-refractivity contribution is -0.123. The number of para-hydroxylation sites is 1. The van der Waals surface area contributed by atoms with Gasteiger partial charge in [0.25, 0.3) is 5.91 Å². The minimum atomic E-state index is -0.986. The van der Waals surface area contributed by atoms with E-state index in [4.69, 9.17) is 9.72 Å². The van der Waals surface area contributed by atoms with Crippen LogP contribution in [0.25, 0.3) is 22.2 Å². The Kier molecular flexibility index (Phi) is 6.57. The number of rotatable bonds is 6. The largest absolute Gasteiger partial charge is 0.449 e. The minimum Gasteiger partial charge on any atom is -0.449 e. The van der Waals surface area contributed by atoms with Crippen molar-refractivity contribution in [3.8, 4) is 11.3 Å². The molecule has 1 aliphatic heterocycles. The molecule has 1 atom stereocenters. The molecule has 0 saturated carbocycles. The second kappa shape index (κ2) is 9.93. The summed E-state index contributed by atoms with van der Waals surface area (Å²) in [5.74, 6) is -0.931. The zero-order chi connectivity index (χ0) is 24.4. The van der Waals surface area contributed by atoms with Gasteiger partial charge < -0.3 is 4.74 Å². The third kappa shape index (κ3) is 4.80. The molecule has 0 bridgehead atoms. The second-order valence-corrected chi connectivity index (χ2v) is 9.35. The van der Waals surface area contributed by atoms with Gasteiger partial charge in [-0.05, 0) is 19.5 Å². The van der Waals surface area contributed by atoms with Crippen molar-refractivity contribution in [2.24, 2.45) is 0 Å². The number of carbonyl (C=O) groups is 2. The Labute approximate surface area is 207 Å². The lowest BCUT2D eigenvalue weighted by atomic mass is 9.95. The fourth-order valence-corrected chi connectivity index (χ4v) is 5.02. The number of likely N-dealkylation sites (N-methyl/N-ethyl adjacent to an activating group) is 1. The van der Waals surface area contributed by atoms with Gasteiger partial charge in [-0.2, -0.15) is 0 Å². The smallest absolute Gasteiger partial charge is 0.339 e. The number of thiazole rings is 1. The molecule has 2 aromatic heterocycles. The van der Waals surface area contributed by atoms with E-state index in [0.29, 0.717) is 17.2 Å². The highest BCUT2D eigenvalue weighted by molar-refractivity contribution is 7.14. The van der Waals surface area contributed by atoms with Crippen molar-refractivity contribution in [3.63, 3.8) is 0 Å². The Balaban J connectivity index is 1.35. The third-order valence-electron chi connectivity index (χ3n) is 6.23. The van der Waals surface area contributed by atoms with Crippen molar-refractivity contribution in [1.29, 1.82) is 0 Å². The predicted octanol–water partition coefficient (Wildman–Crippen LogP) is 4.92. The van der Waals surface area contributed by atoms with Gasteiger partial charge in [0.05, 0.1) is 16.8 Å². The number of nitrogens with zero attached hydrogens (tertiary/aromatic N) is 3. The first kappa shape index (κ1) is 23.1. The minimum absolute atomic E-state index is 0.422. The van der Waals surface area contributed by atoms with Crippen LogP contribution in [-0.2, 0) is 22.5 Å². The Hall–Kier alpha value is -3.62. The number of hydrogen-bond donors (Lipinski definition) is 1. The van der Waals surface area contributed by atoms with Crippen LogP contribution >= 0.6 is 11.3 Å². The standard InChI is InChI=1S/C27H26N4O3S/c1-3-31-14-13-22-20(15-31)24(19-11-7-8-12-21(19)28-22)26(33)34-17(2)25(32)30-27-29-23(16-35-27)18-9-5-4-6-10-18/h4-12,16-17H,3,13-15H2,1-2H3,(H,29,30,32). The van der Waals surface area contributed by atoms with Gasteiger partial charge in [0.2, 0.25) is 0 Å². The molecule has 7 nitrogen and oxygen atoms in total. The highest BCUT2D eigenvalue weighted by atomic mass is 32.1. The molecule has 4 aromatic rings. The van der Waals surface area contributed by atoms with Crippen LogP contribution in [0, 0.1) is 0 Å². The van der Waals surface area contributed by atoms with E-state index in [-0.39, 0.29) is 0 Å². The van der Waals surface area contributed by atoms with Crippen molar-refractivity contribution in [1.82, 2.24) is 14.9 Å². The van der Waals surface area contributed by atoms with Gasteiger partial charge in [-0.25, -0.2) is 9.78 Å². The maximum absolute atomic E-state index is 13.4. The summed E-state index contributed by atoms with van der Waals surface area (Å²) in [6.07, 6.45) is -0.210. The van der Waals surface area contributed by atoms with Crippen LogP contribution in [0.1, 0.15) is 35.5 Å². The molecule has 1 N–H and O–H groups in total. The van der Waals surface area contributed by atoms with Crippen molar-refractivity contribution in [2.75, 3.05) is 18.4 Å². The Bertz CT molecular complexity index is 1390. The molecule has 0 aliphatic carbocycles. The predicted molar refractivity (Wildman–Crippen MR) is 137 cm³/mol. The normalized spacial score (nSPS) is 14.3. The molecule has 2 aromatic carbocycles. The molecule has 1 aliphatic rings. The number of nitrogens with one attached hydrogen (secondary N) is 1. The van der Waals surface area contributed by atoms with Gasteiger partial charge in [0.15, 0.2) is 11.2 Å². The summed E-state index contributed by atoms with van der Waals surface area (Å²) < 4.78 is 5.68. The first-order chi connectivity index (χ1) is 17.0. The highest BCUT2D eigenvalue weighted by Gasteiger charge is 2.28. The lowest BCUT2D eigenvalue weighted by Gasteiger charge is -2.29. The van der Waals surface area contributed by atoms with Crippen molar-refractivity contribution in [3.05, 3.63) is 76.8 Å². The van der Waals surface area contributed by atoms with Gasteiger partial charge in [-0.15, -0.1) is 11.3 Å². The van der Waals surface area contributed by atoms with E-state index in [0.717, 1.165) is 52.9 Å². The zero-order valence-corrected chi connectivity index (χ0v) is 20.5. The number of benzene rings is 2. The first-order valence-corrected chi connectivity index (χ1v) is 12.6. The second-order valence-electron chi connectivity index (χ2n) is 8.49. The number of pyridine rings is 1. The fraction of sp³-hybridized carbons (Fsp3) is 0.259. The number of ether oxygens (including phenoxy) is 1. The zero-order valence-electron chi connectivity index (χ0n) is 19.7. The number of carbonyl (C=O) groups excluding carboxylic acids is 2.